The maximum Gasteiger partial charge on any atom is 0.354 e. The van der Waals surface area contributed by atoms with E-state index in [9.17, 15) is 9.90 Å². The third-order valence-corrected chi connectivity index (χ3v) is 4.36. The molecule has 2 aromatic rings. The van der Waals surface area contributed by atoms with E-state index in [1.165, 1.54) is 12.8 Å². The number of hydrogen-bond donors (Lipinski definition) is 1. The van der Waals surface area contributed by atoms with E-state index in [2.05, 4.69) is 16.8 Å². The van der Waals surface area contributed by atoms with Crippen LogP contribution in [0.2, 0.25) is 0 Å². The molecule has 21 heavy (non-hydrogen) atoms. The highest BCUT2D eigenvalue weighted by Gasteiger charge is 2.20. The Hall–Kier alpha value is -2.04. The smallest absolute Gasteiger partial charge is 0.354 e. The number of carbonyl (C=O) groups is 1. The second kappa shape index (κ2) is 5.39. The predicted molar refractivity (Wildman–Crippen MR) is 82.1 cm³/mol. The van der Waals surface area contributed by atoms with Crippen molar-refractivity contribution in [1.82, 2.24) is 9.38 Å². The Labute approximate surface area is 124 Å². The quantitative estimate of drug-likeness (QED) is 0.943. The molecule has 3 rings (SSSR count). The average Bonchev–Trinajstić information content (AvgIpc) is 2.85. The lowest BCUT2D eigenvalue weighted by Crippen LogP contribution is -2.32. The van der Waals surface area contributed by atoms with Gasteiger partial charge in [-0.3, -0.25) is 4.40 Å². The fraction of sp³-hybridized carbons (Fsp3) is 0.500. The Morgan fingerprint density at radius 2 is 2.10 bits per heavy atom. The molecule has 1 N–H and O–H groups in total. The maximum atomic E-state index is 11.5. The highest BCUT2D eigenvalue weighted by molar-refractivity contribution is 5.88. The number of piperidine rings is 1. The summed E-state index contributed by atoms with van der Waals surface area (Å²) < 4.78 is 1.72. The molecular weight excluding hydrogens is 266 g/mol. The van der Waals surface area contributed by atoms with Crippen LogP contribution in [0.25, 0.3) is 5.65 Å². The van der Waals surface area contributed by atoms with Crippen molar-refractivity contribution >= 4 is 17.3 Å². The second-order valence-corrected chi connectivity index (χ2v) is 5.85. The first-order valence-electron chi connectivity index (χ1n) is 7.59. The SMILES string of the molecule is CCc1nc2ccc(N3CCC(C)CC3)cn2c1C(=O)O. The van der Waals surface area contributed by atoms with Crippen molar-refractivity contribution in [3.63, 3.8) is 0 Å². The molecule has 0 unspecified atom stereocenters. The molecule has 5 nitrogen and oxygen atoms in total. The van der Waals surface area contributed by atoms with Crippen molar-refractivity contribution < 1.29 is 9.90 Å². The summed E-state index contributed by atoms with van der Waals surface area (Å²) in [6.07, 6.45) is 4.92. The monoisotopic (exact) mass is 287 g/mol. The molecule has 1 aliphatic rings. The van der Waals surface area contributed by atoms with Crippen LogP contribution in [0.5, 0.6) is 0 Å². The van der Waals surface area contributed by atoms with Gasteiger partial charge in [-0.1, -0.05) is 13.8 Å². The average molecular weight is 287 g/mol. The normalized spacial score (nSPS) is 16.6. The lowest BCUT2D eigenvalue weighted by Gasteiger charge is -2.32. The summed E-state index contributed by atoms with van der Waals surface area (Å²) in [6.45, 7) is 6.28. The molecule has 112 valence electrons. The molecule has 0 amide bonds. The molecule has 0 saturated carbocycles. The number of fused-ring (bicyclic) bond motifs is 1. The zero-order valence-electron chi connectivity index (χ0n) is 12.5. The van der Waals surface area contributed by atoms with Crippen LogP contribution < -0.4 is 4.90 Å². The number of imidazole rings is 1. The molecule has 0 aliphatic carbocycles. The van der Waals surface area contributed by atoms with Gasteiger partial charge >= 0.3 is 5.97 Å². The number of aryl methyl sites for hydroxylation is 1. The fourth-order valence-electron chi connectivity index (χ4n) is 3.01. The minimum atomic E-state index is -0.913. The zero-order valence-corrected chi connectivity index (χ0v) is 12.5. The predicted octanol–water partition coefficient (Wildman–Crippen LogP) is 2.83. The van der Waals surface area contributed by atoms with Gasteiger partial charge in [0.2, 0.25) is 0 Å². The van der Waals surface area contributed by atoms with Crippen LogP contribution in [0.3, 0.4) is 0 Å². The van der Waals surface area contributed by atoms with Crippen LogP contribution in [0.15, 0.2) is 18.3 Å². The summed E-state index contributed by atoms with van der Waals surface area (Å²) in [4.78, 5) is 18.3. The number of carboxylic acid groups (broad SMARTS) is 1. The van der Waals surface area contributed by atoms with Gasteiger partial charge in [-0.25, -0.2) is 9.78 Å². The Morgan fingerprint density at radius 3 is 2.71 bits per heavy atom. The van der Waals surface area contributed by atoms with Crippen LogP contribution in [-0.2, 0) is 6.42 Å². The topological polar surface area (TPSA) is 57.8 Å². The molecule has 1 fully saturated rings. The third kappa shape index (κ3) is 2.48. The van der Waals surface area contributed by atoms with Gasteiger partial charge in [-0.2, -0.15) is 0 Å². The van der Waals surface area contributed by atoms with Gasteiger partial charge in [0.15, 0.2) is 5.69 Å². The summed E-state index contributed by atoms with van der Waals surface area (Å²) >= 11 is 0. The number of hydrogen-bond acceptors (Lipinski definition) is 3. The Morgan fingerprint density at radius 1 is 1.38 bits per heavy atom. The Bertz CT molecular complexity index is 669. The van der Waals surface area contributed by atoms with Gasteiger partial charge in [0.05, 0.1) is 11.4 Å². The molecule has 0 spiro atoms. The highest BCUT2D eigenvalue weighted by atomic mass is 16.4. The number of nitrogens with zero attached hydrogens (tertiary/aromatic N) is 3. The summed E-state index contributed by atoms with van der Waals surface area (Å²) in [5.74, 6) is -0.136. The lowest BCUT2D eigenvalue weighted by molar-refractivity contribution is 0.0688. The number of pyridine rings is 1. The van der Waals surface area contributed by atoms with E-state index in [4.69, 9.17) is 0 Å². The van der Waals surface area contributed by atoms with E-state index < -0.39 is 5.97 Å². The van der Waals surface area contributed by atoms with Gasteiger partial charge in [0.25, 0.3) is 0 Å². The van der Waals surface area contributed by atoms with Gasteiger partial charge in [-0.05, 0) is 37.3 Å². The maximum absolute atomic E-state index is 11.5. The third-order valence-electron chi connectivity index (χ3n) is 4.36. The summed E-state index contributed by atoms with van der Waals surface area (Å²) in [5, 5.41) is 9.45. The van der Waals surface area contributed by atoms with Gasteiger partial charge in [0.1, 0.15) is 5.65 Å². The van der Waals surface area contributed by atoms with Crippen molar-refractivity contribution in [2.75, 3.05) is 18.0 Å². The summed E-state index contributed by atoms with van der Waals surface area (Å²) in [7, 11) is 0. The minimum Gasteiger partial charge on any atom is -0.477 e. The summed E-state index contributed by atoms with van der Waals surface area (Å²) in [6, 6.07) is 3.96. The van der Waals surface area contributed by atoms with Crippen LogP contribution in [0.1, 0.15) is 42.9 Å². The van der Waals surface area contributed by atoms with Crippen molar-refractivity contribution in [1.29, 1.82) is 0 Å². The first-order valence-corrected chi connectivity index (χ1v) is 7.59. The molecule has 0 radical (unpaired) electrons. The van der Waals surface area contributed by atoms with Crippen LogP contribution in [0.4, 0.5) is 5.69 Å². The molecular formula is C16H21N3O2. The first kappa shape index (κ1) is 13.9. The van der Waals surface area contributed by atoms with E-state index >= 15 is 0 Å². The number of aromatic nitrogens is 2. The molecule has 0 aromatic carbocycles. The van der Waals surface area contributed by atoms with Crippen molar-refractivity contribution in [2.45, 2.75) is 33.1 Å². The lowest BCUT2D eigenvalue weighted by atomic mass is 9.99. The molecule has 1 saturated heterocycles. The fourth-order valence-corrected chi connectivity index (χ4v) is 3.01. The standard InChI is InChI=1S/C16H21N3O2/c1-3-13-15(16(20)21)19-10-12(4-5-14(19)17-13)18-8-6-11(2)7-9-18/h4-5,10-11H,3,6-9H2,1-2H3,(H,20,21). The van der Waals surface area contributed by atoms with Gasteiger partial charge in [-0.15, -0.1) is 0 Å². The van der Waals surface area contributed by atoms with Gasteiger partial charge in [0, 0.05) is 19.3 Å². The molecule has 2 aromatic heterocycles. The van der Waals surface area contributed by atoms with Crippen LogP contribution in [0, 0.1) is 5.92 Å². The largest absolute Gasteiger partial charge is 0.477 e. The number of anilines is 1. The van der Waals surface area contributed by atoms with Crippen molar-refractivity contribution in [2.24, 2.45) is 5.92 Å². The van der Waals surface area contributed by atoms with Crippen LogP contribution >= 0.6 is 0 Å². The Kier molecular flexibility index (Phi) is 3.57. The van der Waals surface area contributed by atoms with E-state index in [1.807, 2.05) is 25.3 Å². The number of carboxylic acids is 1. The van der Waals surface area contributed by atoms with E-state index in [-0.39, 0.29) is 0 Å². The van der Waals surface area contributed by atoms with Crippen LogP contribution in [-0.4, -0.2) is 33.6 Å². The second-order valence-electron chi connectivity index (χ2n) is 5.85. The molecule has 5 heteroatoms. The van der Waals surface area contributed by atoms with E-state index in [0.717, 1.165) is 24.7 Å². The van der Waals surface area contributed by atoms with Gasteiger partial charge < -0.3 is 10.0 Å². The number of rotatable bonds is 3. The Balaban J connectivity index is 2.02. The van der Waals surface area contributed by atoms with E-state index in [0.29, 0.717) is 23.5 Å². The zero-order chi connectivity index (χ0) is 15.0. The highest BCUT2D eigenvalue weighted by Crippen LogP contribution is 2.24. The molecule has 3 heterocycles. The van der Waals surface area contributed by atoms with Crippen molar-refractivity contribution in [3.8, 4) is 0 Å². The minimum absolute atomic E-state index is 0.291. The van der Waals surface area contributed by atoms with Crippen molar-refractivity contribution in [3.05, 3.63) is 29.7 Å². The molecule has 0 bridgehead atoms. The van der Waals surface area contributed by atoms with E-state index in [1.54, 1.807) is 4.40 Å². The molecule has 1 aliphatic heterocycles. The summed E-state index contributed by atoms with van der Waals surface area (Å²) in [5.41, 5.74) is 2.72. The first-order chi connectivity index (χ1) is 10.1. The number of aromatic carboxylic acids is 1. The molecule has 0 atom stereocenters.